The molecule has 1 amide bonds. The summed E-state index contributed by atoms with van der Waals surface area (Å²) in [5, 5.41) is 2.89. The van der Waals surface area contributed by atoms with Crippen molar-refractivity contribution in [3.8, 4) is 5.75 Å². The van der Waals surface area contributed by atoms with E-state index in [-0.39, 0.29) is 23.2 Å². The molecule has 0 aliphatic heterocycles. The number of hydrogen-bond donors (Lipinski definition) is 1. The summed E-state index contributed by atoms with van der Waals surface area (Å²) in [7, 11) is 1.78. The van der Waals surface area contributed by atoms with Crippen LogP contribution in [-0.2, 0) is 11.3 Å². The third-order valence-electron chi connectivity index (χ3n) is 3.13. The van der Waals surface area contributed by atoms with Crippen molar-refractivity contribution in [2.75, 3.05) is 7.05 Å². The molecule has 7 heteroatoms. The summed E-state index contributed by atoms with van der Waals surface area (Å²) in [5.41, 5.74) is 0.473. The predicted octanol–water partition coefficient (Wildman–Crippen LogP) is 3.32. The molecule has 1 atom stereocenters. The van der Waals surface area contributed by atoms with E-state index in [2.05, 4.69) is 10.1 Å². The van der Waals surface area contributed by atoms with Crippen LogP contribution in [0.15, 0.2) is 24.3 Å². The highest BCUT2D eigenvalue weighted by Crippen LogP contribution is 2.23. The maximum Gasteiger partial charge on any atom is 0.573 e. The molecule has 0 bridgehead atoms. The molecule has 0 spiro atoms. The standard InChI is InChI=1S/C16H23F3N2O2/c1-11(14(22)20-15(2,3)4)21(5)10-12-6-8-13(9-7-12)23-16(17,18)19/h6-9,11H,10H2,1-5H3,(H,20,22)/t11-/m0/s1. The van der Waals surface area contributed by atoms with Gasteiger partial charge in [0.1, 0.15) is 5.75 Å². The first-order valence-corrected chi connectivity index (χ1v) is 7.24. The molecule has 0 saturated carbocycles. The first-order valence-electron chi connectivity index (χ1n) is 7.24. The Bertz CT molecular complexity index is 522. The Hall–Kier alpha value is -1.76. The zero-order valence-electron chi connectivity index (χ0n) is 14.0. The number of likely N-dealkylation sites (N-methyl/N-ethyl adjacent to an activating group) is 1. The van der Waals surface area contributed by atoms with Crippen molar-refractivity contribution < 1.29 is 22.7 Å². The number of alkyl halides is 3. The van der Waals surface area contributed by atoms with Crippen LogP contribution in [0.5, 0.6) is 5.75 Å². The lowest BCUT2D eigenvalue weighted by Gasteiger charge is -2.28. The van der Waals surface area contributed by atoms with Crippen LogP contribution in [0, 0.1) is 0 Å². The van der Waals surface area contributed by atoms with Crippen LogP contribution in [-0.4, -0.2) is 35.8 Å². The Kier molecular flexibility index (Phi) is 6.04. The van der Waals surface area contributed by atoms with Crippen molar-refractivity contribution in [3.63, 3.8) is 0 Å². The van der Waals surface area contributed by atoms with Crippen molar-refractivity contribution in [2.45, 2.75) is 52.2 Å². The first kappa shape index (κ1) is 19.3. The van der Waals surface area contributed by atoms with Gasteiger partial charge >= 0.3 is 6.36 Å². The second kappa shape index (κ2) is 7.21. The Morgan fingerprint density at radius 1 is 1.22 bits per heavy atom. The highest BCUT2D eigenvalue weighted by molar-refractivity contribution is 5.81. The molecule has 0 heterocycles. The monoisotopic (exact) mass is 332 g/mol. The van der Waals surface area contributed by atoms with E-state index in [0.29, 0.717) is 6.54 Å². The first-order chi connectivity index (χ1) is 10.4. The molecule has 130 valence electrons. The summed E-state index contributed by atoms with van der Waals surface area (Å²) in [6.45, 7) is 7.91. The molecule has 0 aromatic heterocycles. The minimum absolute atomic E-state index is 0.1000. The van der Waals surface area contributed by atoms with E-state index in [1.54, 1.807) is 26.1 Å². The molecule has 0 unspecified atom stereocenters. The van der Waals surface area contributed by atoms with Crippen molar-refractivity contribution in [1.82, 2.24) is 10.2 Å². The van der Waals surface area contributed by atoms with E-state index in [0.717, 1.165) is 5.56 Å². The third kappa shape index (κ3) is 7.36. The van der Waals surface area contributed by atoms with Gasteiger partial charge < -0.3 is 10.1 Å². The normalized spacial score (nSPS) is 13.8. The number of amides is 1. The Morgan fingerprint density at radius 3 is 2.17 bits per heavy atom. The maximum absolute atomic E-state index is 12.1. The lowest BCUT2D eigenvalue weighted by Crippen LogP contribution is -2.49. The lowest BCUT2D eigenvalue weighted by atomic mass is 10.1. The fraction of sp³-hybridized carbons (Fsp3) is 0.562. The number of ether oxygens (including phenoxy) is 1. The van der Waals surface area contributed by atoms with E-state index in [9.17, 15) is 18.0 Å². The largest absolute Gasteiger partial charge is 0.573 e. The molecular formula is C16H23F3N2O2. The quantitative estimate of drug-likeness (QED) is 0.899. The van der Waals surface area contributed by atoms with E-state index in [1.807, 2.05) is 25.7 Å². The molecular weight excluding hydrogens is 309 g/mol. The minimum Gasteiger partial charge on any atom is -0.406 e. The van der Waals surface area contributed by atoms with Crippen molar-refractivity contribution in [3.05, 3.63) is 29.8 Å². The van der Waals surface area contributed by atoms with E-state index >= 15 is 0 Å². The van der Waals surface area contributed by atoms with Crippen LogP contribution in [0.25, 0.3) is 0 Å². The molecule has 0 fully saturated rings. The minimum atomic E-state index is -4.70. The van der Waals surface area contributed by atoms with Gasteiger partial charge in [-0.2, -0.15) is 0 Å². The van der Waals surface area contributed by atoms with Gasteiger partial charge in [0, 0.05) is 12.1 Å². The van der Waals surface area contributed by atoms with Gasteiger partial charge in [-0.3, -0.25) is 9.69 Å². The van der Waals surface area contributed by atoms with Crippen molar-refractivity contribution in [1.29, 1.82) is 0 Å². The second-order valence-electron chi connectivity index (χ2n) is 6.52. The lowest BCUT2D eigenvalue weighted by molar-refractivity contribution is -0.274. The number of carbonyl (C=O) groups is 1. The molecule has 1 rings (SSSR count). The van der Waals surface area contributed by atoms with Crippen LogP contribution in [0.3, 0.4) is 0 Å². The SMILES string of the molecule is C[C@@H](C(=O)NC(C)(C)C)N(C)Cc1ccc(OC(F)(F)F)cc1. The molecule has 1 aromatic rings. The van der Waals surface area contributed by atoms with Crippen LogP contribution >= 0.6 is 0 Å². The van der Waals surface area contributed by atoms with Gasteiger partial charge in [-0.25, -0.2) is 0 Å². The number of nitrogens with zero attached hydrogens (tertiary/aromatic N) is 1. The zero-order chi connectivity index (χ0) is 17.8. The number of carbonyl (C=O) groups excluding carboxylic acids is 1. The van der Waals surface area contributed by atoms with Gasteiger partial charge in [-0.05, 0) is 52.4 Å². The molecule has 23 heavy (non-hydrogen) atoms. The van der Waals surface area contributed by atoms with Gasteiger partial charge in [0.25, 0.3) is 0 Å². The Labute approximate surface area is 134 Å². The van der Waals surface area contributed by atoms with Crippen molar-refractivity contribution >= 4 is 5.91 Å². The number of benzene rings is 1. The fourth-order valence-corrected chi connectivity index (χ4v) is 1.90. The van der Waals surface area contributed by atoms with Gasteiger partial charge in [-0.15, -0.1) is 13.2 Å². The van der Waals surface area contributed by atoms with Gasteiger partial charge in [-0.1, -0.05) is 12.1 Å². The van der Waals surface area contributed by atoms with Gasteiger partial charge in [0.2, 0.25) is 5.91 Å². The summed E-state index contributed by atoms with van der Waals surface area (Å²) in [6.07, 6.45) is -4.70. The van der Waals surface area contributed by atoms with Crippen LogP contribution in [0.1, 0.15) is 33.3 Å². The summed E-state index contributed by atoms with van der Waals surface area (Å²) in [4.78, 5) is 13.9. The molecule has 1 aromatic carbocycles. The molecule has 1 N–H and O–H groups in total. The highest BCUT2D eigenvalue weighted by atomic mass is 19.4. The van der Waals surface area contributed by atoms with Crippen LogP contribution in [0.2, 0.25) is 0 Å². The number of rotatable bonds is 5. The summed E-state index contributed by atoms with van der Waals surface area (Å²) in [5.74, 6) is -0.362. The average Bonchev–Trinajstić information content (AvgIpc) is 2.36. The van der Waals surface area contributed by atoms with E-state index < -0.39 is 6.36 Å². The predicted molar refractivity (Wildman–Crippen MR) is 81.9 cm³/mol. The number of nitrogens with one attached hydrogen (secondary N) is 1. The second-order valence-corrected chi connectivity index (χ2v) is 6.52. The number of hydrogen-bond acceptors (Lipinski definition) is 3. The highest BCUT2D eigenvalue weighted by Gasteiger charge is 2.31. The van der Waals surface area contributed by atoms with E-state index in [1.165, 1.54) is 12.1 Å². The Morgan fingerprint density at radius 2 is 1.74 bits per heavy atom. The molecule has 0 aliphatic rings. The smallest absolute Gasteiger partial charge is 0.406 e. The molecule has 4 nitrogen and oxygen atoms in total. The molecule has 0 saturated heterocycles. The van der Waals surface area contributed by atoms with Crippen LogP contribution in [0.4, 0.5) is 13.2 Å². The topological polar surface area (TPSA) is 41.6 Å². The fourth-order valence-electron chi connectivity index (χ4n) is 1.90. The summed E-state index contributed by atoms with van der Waals surface area (Å²) >= 11 is 0. The van der Waals surface area contributed by atoms with Crippen LogP contribution < -0.4 is 10.1 Å². The summed E-state index contributed by atoms with van der Waals surface area (Å²) < 4.78 is 40.1. The maximum atomic E-state index is 12.1. The third-order valence-corrected chi connectivity index (χ3v) is 3.13. The van der Waals surface area contributed by atoms with Gasteiger partial charge in [0.15, 0.2) is 0 Å². The average molecular weight is 332 g/mol. The Balaban J connectivity index is 2.63. The van der Waals surface area contributed by atoms with Gasteiger partial charge in [0.05, 0.1) is 6.04 Å². The number of halogens is 3. The molecule has 0 radical (unpaired) electrons. The van der Waals surface area contributed by atoms with E-state index in [4.69, 9.17) is 0 Å². The van der Waals surface area contributed by atoms with Crippen molar-refractivity contribution in [2.24, 2.45) is 0 Å². The molecule has 0 aliphatic carbocycles. The summed E-state index contributed by atoms with van der Waals surface area (Å²) in [6, 6.07) is 5.26. The zero-order valence-corrected chi connectivity index (χ0v) is 14.0.